The minimum Gasteiger partial charge on any atom is -0.337 e. The van der Waals surface area contributed by atoms with E-state index in [1.807, 2.05) is 29.0 Å². The van der Waals surface area contributed by atoms with Gasteiger partial charge in [-0.1, -0.05) is 63.9 Å². The highest BCUT2D eigenvalue weighted by Gasteiger charge is 2.52. The van der Waals surface area contributed by atoms with Crippen molar-refractivity contribution in [3.05, 3.63) is 51.3 Å². The normalized spacial score (nSPS) is 20.1. The van der Waals surface area contributed by atoms with Crippen LogP contribution in [0, 0.1) is 5.92 Å². The maximum absolute atomic E-state index is 13.6. The van der Waals surface area contributed by atoms with Gasteiger partial charge in [0.25, 0.3) is 5.91 Å². The second kappa shape index (κ2) is 9.99. The summed E-state index contributed by atoms with van der Waals surface area (Å²) in [6.45, 7) is 11.9. The van der Waals surface area contributed by atoms with Crippen LogP contribution in [-0.2, 0) is 23.8 Å². The van der Waals surface area contributed by atoms with E-state index in [0.717, 1.165) is 17.7 Å². The molecule has 1 atom stereocenters. The number of likely N-dealkylation sites (tertiary alicyclic amines) is 1. The van der Waals surface area contributed by atoms with Crippen molar-refractivity contribution in [3.8, 4) is 0 Å². The van der Waals surface area contributed by atoms with Crippen LogP contribution in [-0.4, -0.2) is 56.2 Å². The second-order valence-electron chi connectivity index (χ2n) is 11.6. The molecule has 1 aromatic carbocycles. The van der Waals surface area contributed by atoms with Gasteiger partial charge in [-0.25, -0.2) is 0 Å². The lowest BCUT2D eigenvalue weighted by Gasteiger charge is -2.44. The van der Waals surface area contributed by atoms with Crippen LogP contribution >= 0.6 is 23.2 Å². The van der Waals surface area contributed by atoms with Gasteiger partial charge in [-0.2, -0.15) is 5.10 Å². The molecule has 0 bridgehead atoms. The highest BCUT2D eigenvalue weighted by molar-refractivity contribution is 6.36. The van der Waals surface area contributed by atoms with Crippen molar-refractivity contribution in [1.29, 1.82) is 0 Å². The second-order valence-corrected chi connectivity index (χ2v) is 12.4. The quantitative estimate of drug-likeness (QED) is 0.586. The lowest BCUT2D eigenvalue weighted by molar-refractivity contribution is -0.134. The number of nitrogens with zero attached hydrogens (tertiary/aromatic N) is 4. The molecule has 2 fully saturated rings. The number of aryl methyl sites for hydroxylation is 1. The highest BCUT2D eigenvalue weighted by atomic mass is 35.5. The number of rotatable bonds is 5. The van der Waals surface area contributed by atoms with Crippen molar-refractivity contribution in [2.45, 2.75) is 77.5 Å². The number of hydrogen-bond donors (Lipinski definition) is 1. The van der Waals surface area contributed by atoms with E-state index < -0.39 is 5.66 Å². The average molecular weight is 535 g/mol. The molecule has 1 aromatic heterocycles. The Hall–Kier alpha value is -2.09. The van der Waals surface area contributed by atoms with Crippen molar-refractivity contribution in [1.82, 2.24) is 24.9 Å². The van der Waals surface area contributed by atoms with Crippen molar-refractivity contribution in [2.24, 2.45) is 13.0 Å². The molecule has 196 valence electrons. The van der Waals surface area contributed by atoms with Crippen LogP contribution in [0.5, 0.6) is 0 Å². The molecule has 1 spiro atoms. The minimum absolute atomic E-state index is 0.0286. The SMILES string of the molecule is CC(C)CC1NC2(CCN(C(=O)c3cc(C(C)(C)C)nn3C)CC2)N(Cc2c(Cl)cccc2Cl)C1=O. The van der Waals surface area contributed by atoms with Gasteiger partial charge in [0.15, 0.2) is 0 Å². The number of aromatic nitrogens is 2. The predicted octanol–water partition coefficient (Wildman–Crippen LogP) is 5.00. The Labute approximate surface area is 224 Å². The van der Waals surface area contributed by atoms with Crippen molar-refractivity contribution in [2.75, 3.05) is 13.1 Å². The van der Waals surface area contributed by atoms with Crippen LogP contribution in [0.3, 0.4) is 0 Å². The number of carbonyl (C=O) groups excluding carboxylic acids is 2. The highest BCUT2D eigenvalue weighted by Crippen LogP contribution is 2.38. The Morgan fingerprint density at radius 3 is 2.33 bits per heavy atom. The molecule has 4 rings (SSSR count). The number of piperidine rings is 1. The summed E-state index contributed by atoms with van der Waals surface area (Å²) in [5.41, 5.74) is 1.55. The summed E-state index contributed by atoms with van der Waals surface area (Å²) in [5.74, 6) is 0.413. The molecule has 9 heteroatoms. The van der Waals surface area contributed by atoms with E-state index >= 15 is 0 Å². The van der Waals surface area contributed by atoms with E-state index in [1.165, 1.54) is 0 Å². The Morgan fingerprint density at radius 2 is 1.81 bits per heavy atom. The number of amides is 2. The third kappa shape index (κ3) is 5.15. The largest absolute Gasteiger partial charge is 0.337 e. The Morgan fingerprint density at radius 1 is 1.19 bits per heavy atom. The monoisotopic (exact) mass is 533 g/mol. The number of benzene rings is 1. The molecule has 1 N–H and O–H groups in total. The van der Waals surface area contributed by atoms with Crippen LogP contribution in [0.2, 0.25) is 10.0 Å². The number of halogens is 2. The van der Waals surface area contributed by atoms with Crippen molar-refractivity contribution < 1.29 is 9.59 Å². The topological polar surface area (TPSA) is 70.5 Å². The molecular weight excluding hydrogens is 497 g/mol. The first kappa shape index (κ1) is 27.0. The summed E-state index contributed by atoms with van der Waals surface area (Å²) >= 11 is 13.0. The fourth-order valence-electron chi connectivity index (χ4n) is 5.25. The van der Waals surface area contributed by atoms with Gasteiger partial charge in [-0.3, -0.25) is 19.6 Å². The third-order valence-electron chi connectivity index (χ3n) is 7.35. The smallest absolute Gasteiger partial charge is 0.272 e. The van der Waals surface area contributed by atoms with E-state index in [4.69, 9.17) is 23.2 Å². The first-order valence-corrected chi connectivity index (χ1v) is 13.4. The molecule has 7 nitrogen and oxygen atoms in total. The molecule has 0 radical (unpaired) electrons. The first-order chi connectivity index (χ1) is 16.8. The summed E-state index contributed by atoms with van der Waals surface area (Å²) in [7, 11) is 1.82. The molecule has 0 aliphatic carbocycles. The molecule has 36 heavy (non-hydrogen) atoms. The number of carbonyl (C=O) groups is 2. The van der Waals surface area contributed by atoms with E-state index in [1.54, 1.807) is 16.8 Å². The van der Waals surface area contributed by atoms with Crippen LogP contribution < -0.4 is 5.32 Å². The lowest BCUT2D eigenvalue weighted by Crippen LogP contribution is -2.59. The van der Waals surface area contributed by atoms with Gasteiger partial charge in [0.05, 0.1) is 23.9 Å². The van der Waals surface area contributed by atoms with Crippen molar-refractivity contribution in [3.63, 3.8) is 0 Å². The van der Waals surface area contributed by atoms with Gasteiger partial charge < -0.3 is 9.80 Å². The summed E-state index contributed by atoms with van der Waals surface area (Å²) < 4.78 is 1.68. The van der Waals surface area contributed by atoms with Crippen molar-refractivity contribution >= 4 is 35.0 Å². The van der Waals surface area contributed by atoms with E-state index in [9.17, 15) is 9.59 Å². The fourth-order valence-corrected chi connectivity index (χ4v) is 5.77. The van der Waals surface area contributed by atoms with Crippen LogP contribution in [0.1, 0.15) is 75.6 Å². The lowest BCUT2D eigenvalue weighted by atomic mass is 9.92. The van der Waals surface area contributed by atoms with Gasteiger partial charge in [0.1, 0.15) is 5.69 Å². The molecule has 2 aliphatic rings. The number of nitrogens with one attached hydrogen (secondary N) is 1. The van der Waals surface area contributed by atoms with Gasteiger partial charge in [0, 0.05) is 54.0 Å². The summed E-state index contributed by atoms with van der Waals surface area (Å²) in [5, 5.41) is 9.34. The Kier molecular flexibility index (Phi) is 7.48. The summed E-state index contributed by atoms with van der Waals surface area (Å²) in [6.07, 6.45) is 2.01. The molecule has 2 aliphatic heterocycles. The van der Waals surface area contributed by atoms with Crippen LogP contribution in [0.15, 0.2) is 24.3 Å². The predicted molar refractivity (Wildman–Crippen MR) is 143 cm³/mol. The molecule has 3 heterocycles. The summed E-state index contributed by atoms with van der Waals surface area (Å²) in [4.78, 5) is 30.8. The third-order valence-corrected chi connectivity index (χ3v) is 8.06. The van der Waals surface area contributed by atoms with Gasteiger partial charge >= 0.3 is 0 Å². The van der Waals surface area contributed by atoms with E-state index in [2.05, 4.69) is 45.0 Å². The van der Waals surface area contributed by atoms with E-state index in [-0.39, 0.29) is 23.3 Å². The zero-order valence-electron chi connectivity index (χ0n) is 22.1. The molecule has 2 amide bonds. The van der Waals surface area contributed by atoms with Crippen LogP contribution in [0.4, 0.5) is 0 Å². The van der Waals surface area contributed by atoms with Gasteiger partial charge in [-0.05, 0) is 30.5 Å². The Bertz CT molecular complexity index is 1130. The first-order valence-electron chi connectivity index (χ1n) is 12.7. The summed E-state index contributed by atoms with van der Waals surface area (Å²) in [6, 6.07) is 7.05. The molecular formula is C27H37Cl2N5O2. The maximum Gasteiger partial charge on any atom is 0.272 e. The minimum atomic E-state index is -0.543. The molecule has 0 saturated carbocycles. The molecule has 1 unspecified atom stereocenters. The average Bonchev–Trinajstić information content (AvgIpc) is 3.29. The number of hydrogen-bond acceptors (Lipinski definition) is 4. The van der Waals surface area contributed by atoms with Gasteiger partial charge in [0.2, 0.25) is 5.91 Å². The Balaban J connectivity index is 1.56. The maximum atomic E-state index is 13.6. The van der Waals surface area contributed by atoms with Crippen LogP contribution in [0.25, 0.3) is 0 Å². The standard InChI is InChI=1S/C27H37Cl2N5O2/c1-17(2)14-21-24(35)34(16-18-19(28)8-7-9-20(18)29)27(30-21)10-12-33(13-11-27)25(36)22-15-23(26(3,4)5)31-32(22)6/h7-9,15,17,21,30H,10-14,16H2,1-6H3. The fraction of sp³-hybridized carbons (Fsp3) is 0.593. The van der Waals surface area contributed by atoms with Gasteiger partial charge in [-0.15, -0.1) is 0 Å². The molecule has 2 saturated heterocycles. The zero-order chi connectivity index (χ0) is 26.4. The molecule has 2 aromatic rings. The zero-order valence-corrected chi connectivity index (χ0v) is 23.6. The van der Waals surface area contributed by atoms with E-state index in [0.29, 0.717) is 54.1 Å².